The Morgan fingerprint density at radius 1 is 1.10 bits per heavy atom. The lowest BCUT2D eigenvalue weighted by Crippen LogP contribution is -2.42. The zero-order chi connectivity index (χ0) is 20.6. The van der Waals surface area contributed by atoms with Crippen molar-refractivity contribution in [2.45, 2.75) is 68.7 Å². The van der Waals surface area contributed by atoms with Gasteiger partial charge in [-0.1, -0.05) is 12.8 Å². The Morgan fingerprint density at radius 2 is 1.83 bits per heavy atom. The van der Waals surface area contributed by atoms with Crippen LogP contribution in [0.2, 0.25) is 0 Å². The highest BCUT2D eigenvalue weighted by Gasteiger charge is 2.41. The number of anilines is 1. The van der Waals surface area contributed by atoms with Gasteiger partial charge in [-0.3, -0.25) is 0 Å². The number of nitrogens with two attached hydrogens (primary N) is 1. The first kappa shape index (κ1) is 20.5. The van der Waals surface area contributed by atoms with Crippen molar-refractivity contribution in [1.82, 2.24) is 18.9 Å². The molecular weight excluding hydrogens is 400 g/mol. The summed E-state index contributed by atoms with van der Waals surface area (Å²) in [6.07, 6.45) is 7.80. The van der Waals surface area contributed by atoms with E-state index in [-0.39, 0.29) is 23.6 Å². The molecule has 2 aromatic heterocycles. The molecule has 3 heterocycles. The van der Waals surface area contributed by atoms with Crippen LogP contribution < -0.4 is 5.73 Å². The van der Waals surface area contributed by atoms with E-state index in [1.807, 2.05) is 0 Å². The fraction of sp³-hybridized carbons (Fsp3) is 0.684. The molecule has 2 aromatic rings. The minimum atomic E-state index is -3.13. The number of alkyl halides is 1. The summed E-state index contributed by atoms with van der Waals surface area (Å²) < 4.78 is 52.8. The maximum absolute atomic E-state index is 13.7. The van der Waals surface area contributed by atoms with E-state index in [0.29, 0.717) is 30.8 Å². The molecule has 0 bridgehead atoms. The summed E-state index contributed by atoms with van der Waals surface area (Å²) in [5.41, 5.74) is 6.88. The third-order valence-corrected chi connectivity index (χ3v) is 8.28. The average molecular weight is 428 g/mol. The molecule has 5 rings (SSSR count). The zero-order valence-corrected chi connectivity index (χ0v) is 17.1. The number of halogens is 2. The van der Waals surface area contributed by atoms with E-state index in [0.717, 1.165) is 31.4 Å². The number of piperidine rings is 1. The van der Waals surface area contributed by atoms with Crippen LogP contribution in [0.3, 0.4) is 0 Å². The number of fused-ring (bicyclic) bond motifs is 1. The molecule has 2 aliphatic carbocycles. The van der Waals surface area contributed by atoms with Crippen molar-refractivity contribution in [1.29, 1.82) is 0 Å². The Labute approximate surface area is 169 Å². The van der Waals surface area contributed by atoms with Gasteiger partial charge in [-0.25, -0.2) is 26.7 Å². The first-order valence-electron chi connectivity index (χ1n) is 10.3. The number of hydrogen-bond donors (Lipinski definition) is 1. The minimum Gasteiger partial charge on any atom is -0.367 e. The molecule has 7 nitrogen and oxygen atoms in total. The monoisotopic (exact) mass is 427 g/mol. The predicted octanol–water partition coefficient (Wildman–Crippen LogP) is 3.02. The number of nitrogen functional groups attached to an aromatic ring is 1. The van der Waals surface area contributed by atoms with Crippen molar-refractivity contribution < 1.29 is 17.2 Å². The van der Waals surface area contributed by atoms with Crippen LogP contribution >= 0.6 is 0 Å². The summed E-state index contributed by atoms with van der Waals surface area (Å²) in [7, 11) is -3.13. The molecule has 2 N–H and O–H groups in total. The molecule has 0 spiro atoms. The zero-order valence-electron chi connectivity index (χ0n) is 16.3. The van der Waals surface area contributed by atoms with Gasteiger partial charge in [-0.2, -0.15) is 4.31 Å². The van der Waals surface area contributed by atoms with Crippen LogP contribution in [-0.4, -0.2) is 51.8 Å². The first-order valence-corrected chi connectivity index (χ1v) is 11.8. The summed E-state index contributed by atoms with van der Waals surface area (Å²) in [5, 5.41) is 3.89. The fourth-order valence-corrected chi connectivity index (χ4v) is 6.11. The summed E-state index contributed by atoms with van der Waals surface area (Å²) in [5.74, 6) is 0.329. The van der Waals surface area contributed by atoms with Crippen molar-refractivity contribution >= 4 is 21.5 Å². The Morgan fingerprint density at radius 3 is 2.48 bits per heavy atom. The molecule has 0 aromatic carbocycles. The lowest BCUT2D eigenvalue weighted by Gasteiger charge is -2.28. The molecule has 1 saturated heterocycles. The molecule has 29 heavy (non-hydrogen) atoms. The normalized spacial score (nSPS) is 23.9. The minimum absolute atomic E-state index is 0.0822. The number of aromatic nitrogens is 3. The van der Waals surface area contributed by atoms with Gasteiger partial charge in [0.25, 0.3) is 0 Å². The molecule has 1 unspecified atom stereocenters. The maximum Gasteiger partial charge on any atom is 0.238 e. The van der Waals surface area contributed by atoms with Gasteiger partial charge in [-0.15, -0.1) is 5.10 Å². The second kappa shape index (κ2) is 8.14. The lowest BCUT2D eigenvalue weighted by atomic mass is 10.1. The summed E-state index contributed by atoms with van der Waals surface area (Å²) in [4.78, 5) is 3.81. The molecule has 10 heteroatoms. The van der Waals surface area contributed by atoms with Crippen LogP contribution in [0, 0.1) is 5.82 Å². The van der Waals surface area contributed by atoms with Crippen LogP contribution in [0.5, 0.6) is 0 Å². The predicted molar refractivity (Wildman–Crippen MR) is 106 cm³/mol. The third kappa shape index (κ3) is 4.37. The average Bonchev–Trinajstić information content (AvgIpc) is 3.33. The van der Waals surface area contributed by atoms with E-state index in [9.17, 15) is 17.2 Å². The van der Waals surface area contributed by atoms with Crippen LogP contribution in [0.1, 0.15) is 63.0 Å². The highest BCUT2D eigenvalue weighted by Crippen LogP contribution is 2.35. The SMILES string of the molecule is Nc1ncc2c(F)cc(C3CCCC3)n2n1.O=S(=O)(C1CC1)N1CCCC(F)C1. The number of hydrogen-bond acceptors (Lipinski definition) is 5. The van der Waals surface area contributed by atoms with E-state index in [1.54, 1.807) is 10.6 Å². The molecule has 3 fully saturated rings. The van der Waals surface area contributed by atoms with Crippen LogP contribution in [0.25, 0.3) is 5.52 Å². The molecule has 0 radical (unpaired) electrons. The Hall–Kier alpha value is -1.81. The molecule has 3 aliphatic rings. The summed E-state index contributed by atoms with van der Waals surface area (Å²) in [6.45, 7) is 0.595. The summed E-state index contributed by atoms with van der Waals surface area (Å²) >= 11 is 0. The topological polar surface area (TPSA) is 93.6 Å². The van der Waals surface area contributed by atoms with E-state index < -0.39 is 16.2 Å². The second-order valence-corrected chi connectivity index (χ2v) is 10.4. The van der Waals surface area contributed by atoms with Gasteiger partial charge >= 0.3 is 0 Å². The van der Waals surface area contributed by atoms with E-state index in [4.69, 9.17) is 5.73 Å². The second-order valence-electron chi connectivity index (χ2n) is 8.15. The number of nitrogens with zero attached hydrogens (tertiary/aromatic N) is 4. The van der Waals surface area contributed by atoms with Crippen LogP contribution in [-0.2, 0) is 10.0 Å². The van der Waals surface area contributed by atoms with Crippen LogP contribution in [0.4, 0.5) is 14.7 Å². The fourth-order valence-electron chi connectivity index (χ4n) is 4.20. The Balaban J connectivity index is 0.000000145. The van der Waals surface area contributed by atoms with Crippen LogP contribution in [0.15, 0.2) is 12.3 Å². The van der Waals surface area contributed by atoms with Gasteiger partial charge in [0.1, 0.15) is 11.7 Å². The van der Waals surface area contributed by atoms with Crippen molar-refractivity contribution in [3.63, 3.8) is 0 Å². The van der Waals surface area contributed by atoms with Gasteiger partial charge in [0.15, 0.2) is 5.82 Å². The highest BCUT2D eigenvalue weighted by atomic mass is 32.2. The van der Waals surface area contributed by atoms with Gasteiger partial charge in [0.05, 0.1) is 11.4 Å². The molecular formula is C19H27F2N5O2S. The molecule has 1 aliphatic heterocycles. The van der Waals surface area contributed by atoms with E-state index in [1.165, 1.54) is 23.3 Å². The van der Waals surface area contributed by atoms with Gasteiger partial charge in [0, 0.05) is 24.7 Å². The summed E-state index contributed by atoms with van der Waals surface area (Å²) in [6, 6.07) is 1.57. The lowest BCUT2D eigenvalue weighted by molar-refractivity contribution is 0.203. The molecule has 0 amide bonds. The largest absolute Gasteiger partial charge is 0.367 e. The van der Waals surface area contributed by atoms with Crippen molar-refractivity contribution in [2.75, 3.05) is 18.8 Å². The molecule has 1 atom stereocenters. The smallest absolute Gasteiger partial charge is 0.238 e. The Kier molecular flexibility index (Phi) is 5.74. The van der Waals surface area contributed by atoms with Crippen molar-refractivity contribution in [3.05, 3.63) is 23.8 Å². The number of rotatable bonds is 3. The quantitative estimate of drug-likeness (QED) is 0.813. The third-order valence-electron chi connectivity index (χ3n) is 5.92. The first-order chi connectivity index (χ1) is 13.9. The van der Waals surface area contributed by atoms with Gasteiger partial charge in [-0.05, 0) is 44.6 Å². The highest BCUT2D eigenvalue weighted by molar-refractivity contribution is 7.90. The maximum atomic E-state index is 13.7. The van der Waals surface area contributed by atoms with Crippen molar-refractivity contribution in [2.24, 2.45) is 0 Å². The van der Waals surface area contributed by atoms with Gasteiger partial charge in [0.2, 0.25) is 16.0 Å². The van der Waals surface area contributed by atoms with E-state index in [2.05, 4.69) is 10.1 Å². The van der Waals surface area contributed by atoms with Gasteiger partial charge < -0.3 is 5.73 Å². The number of sulfonamides is 1. The standard InChI is InChI=1S/C11H13FN4.C8H14FNO2S/c12-8-5-9(7-3-1-2-4-7)16-10(8)6-14-11(13)15-16;9-7-2-1-5-10(6-7)13(11,12)8-3-4-8/h5-7H,1-4H2,(H2,13,15);7-8H,1-6H2. The molecule has 2 saturated carbocycles. The Bertz CT molecular complexity index is 970. The van der Waals surface area contributed by atoms with Crippen molar-refractivity contribution in [3.8, 4) is 0 Å². The van der Waals surface area contributed by atoms with E-state index >= 15 is 0 Å². The molecule has 160 valence electrons.